The first-order valence-electron chi connectivity index (χ1n) is 9.51. The van der Waals surface area contributed by atoms with Crippen LogP contribution in [-0.2, 0) is 9.53 Å². The van der Waals surface area contributed by atoms with Crippen molar-refractivity contribution in [3.63, 3.8) is 0 Å². The molecule has 1 saturated heterocycles. The summed E-state index contributed by atoms with van der Waals surface area (Å²) in [6.07, 6.45) is 0.442. The number of hydrogen-bond donors (Lipinski definition) is 1. The summed E-state index contributed by atoms with van der Waals surface area (Å²) in [5.74, 6) is -0.00124. The van der Waals surface area contributed by atoms with Crippen molar-refractivity contribution >= 4 is 5.97 Å². The Labute approximate surface area is 147 Å². The molecule has 0 radical (unpaired) electrons. The van der Waals surface area contributed by atoms with Gasteiger partial charge in [0, 0.05) is 6.42 Å². The minimum Gasteiger partial charge on any atom is -0.458 e. The molecule has 3 aliphatic rings. The summed E-state index contributed by atoms with van der Waals surface area (Å²) in [6.45, 7) is 4.95. The molecule has 6 heteroatoms. The number of carbonyl (C=O) groups excluding carboxylic acids is 1. The van der Waals surface area contributed by atoms with Crippen LogP contribution in [0.1, 0.15) is 72.1 Å². The predicted molar refractivity (Wildman–Crippen MR) is 86.7 cm³/mol. The monoisotopic (exact) mass is 362 g/mol. The Morgan fingerprint density at radius 3 is 2.44 bits per heavy atom. The SMILES string of the molecule is CCCC1(CC)CC2(CC3CC2CC3CC(C)(O)C(F)(F)F)OC1=O. The van der Waals surface area contributed by atoms with Crippen LogP contribution in [0.2, 0.25) is 0 Å². The minimum atomic E-state index is -4.61. The fourth-order valence-electron chi connectivity index (χ4n) is 5.81. The molecule has 3 nitrogen and oxygen atoms in total. The molecule has 0 aromatic heterocycles. The number of carbonyl (C=O) groups is 1. The standard InChI is InChI=1S/C19H29F3O3/c1-4-6-17(5-2)11-18(25-15(17)23)10-13-8-14(18)7-12(13)9-16(3,24)19(20,21)22/h12-14,24H,4-11H2,1-3H3. The van der Waals surface area contributed by atoms with Crippen molar-refractivity contribution in [3.05, 3.63) is 0 Å². The average molecular weight is 362 g/mol. The van der Waals surface area contributed by atoms with Crippen LogP contribution in [0.5, 0.6) is 0 Å². The molecule has 3 fully saturated rings. The molecule has 0 aromatic rings. The largest absolute Gasteiger partial charge is 0.458 e. The second-order valence-corrected chi connectivity index (χ2v) is 8.88. The fraction of sp³-hybridized carbons (Fsp3) is 0.947. The lowest BCUT2D eigenvalue weighted by atomic mass is 9.68. The highest BCUT2D eigenvalue weighted by atomic mass is 19.4. The van der Waals surface area contributed by atoms with E-state index in [9.17, 15) is 23.1 Å². The summed E-state index contributed by atoms with van der Waals surface area (Å²) < 4.78 is 44.9. The van der Waals surface area contributed by atoms with E-state index >= 15 is 0 Å². The van der Waals surface area contributed by atoms with Gasteiger partial charge in [-0.3, -0.25) is 4.79 Å². The predicted octanol–water partition coefficient (Wildman–Crippen LogP) is 4.62. The van der Waals surface area contributed by atoms with E-state index in [1.54, 1.807) is 0 Å². The number of halogens is 3. The Morgan fingerprint density at radius 2 is 1.96 bits per heavy atom. The van der Waals surface area contributed by atoms with E-state index in [2.05, 4.69) is 6.92 Å². The minimum absolute atomic E-state index is 0.108. The van der Waals surface area contributed by atoms with Crippen LogP contribution in [-0.4, -0.2) is 28.5 Å². The summed E-state index contributed by atoms with van der Waals surface area (Å²) in [5.41, 5.74) is -3.52. The lowest BCUT2D eigenvalue weighted by Gasteiger charge is -2.38. The van der Waals surface area contributed by atoms with Gasteiger partial charge in [0.25, 0.3) is 0 Å². The van der Waals surface area contributed by atoms with Crippen molar-refractivity contribution < 1.29 is 27.8 Å². The van der Waals surface area contributed by atoms with Gasteiger partial charge in [-0.05, 0) is 63.2 Å². The summed E-state index contributed by atoms with van der Waals surface area (Å²) in [6, 6.07) is 0. The van der Waals surface area contributed by atoms with Gasteiger partial charge in [0.1, 0.15) is 5.60 Å². The fourth-order valence-corrected chi connectivity index (χ4v) is 5.81. The molecule has 144 valence electrons. The van der Waals surface area contributed by atoms with Gasteiger partial charge in [-0.1, -0.05) is 20.3 Å². The van der Waals surface area contributed by atoms with Crippen molar-refractivity contribution in [2.75, 3.05) is 0 Å². The zero-order chi connectivity index (χ0) is 18.7. The molecule has 1 aliphatic heterocycles. The highest BCUT2D eigenvalue weighted by molar-refractivity contribution is 5.80. The van der Waals surface area contributed by atoms with E-state index in [0.717, 1.165) is 32.6 Å². The maximum Gasteiger partial charge on any atom is 0.416 e. The van der Waals surface area contributed by atoms with E-state index in [1.807, 2.05) is 6.92 Å². The lowest BCUT2D eigenvalue weighted by molar-refractivity contribution is -0.260. The maximum atomic E-state index is 13.0. The zero-order valence-electron chi connectivity index (χ0n) is 15.3. The van der Waals surface area contributed by atoms with Crippen molar-refractivity contribution in [2.45, 2.75) is 89.5 Å². The highest BCUT2D eigenvalue weighted by Gasteiger charge is 2.66. The first kappa shape index (κ1) is 19.0. The topological polar surface area (TPSA) is 46.5 Å². The second kappa shape index (κ2) is 5.86. The van der Waals surface area contributed by atoms with Crippen LogP contribution in [0.15, 0.2) is 0 Å². The maximum absolute atomic E-state index is 13.0. The van der Waals surface area contributed by atoms with Gasteiger partial charge in [0.2, 0.25) is 0 Å². The molecule has 1 spiro atoms. The van der Waals surface area contributed by atoms with E-state index < -0.39 is 22.8 Å². The van der Waals surface area contributed by atoms with Gasteiger partial charge in [-0.2, -0.15) is 13.2 Å². The molecule has 2 bridgehead atoms. The van der Waals surface area contributed by atoms with Crippen molar-refractivity contribution in [2.24, 2.45) is 23.2 Å². The molecular weight excluding hydrogens is 333 g/mol. The second-order valence-electron chi connectivity index (χ2n) is 8.88. The van der Waals surface area contributed by atoms with Crippen LogP contribution >= 0.6 is 0 Å². The van der Waals surface area contributed by atoms with Crippen LogP contribution in [0, 0.1) is 23.2 Å². The van der Waals surface area contributed by atoms with E-state index in [1.165, 1.54) is 0 Å². The van der Waals surface area contributed by atoms with Gasteiger partial charge < -0.3 is 9.84 Å². The summed E-state index contributed by atoms with van der Waals surface area (Å²) in [5, 5.41) is 9.82. The zero-order valence-corrected chi connectivity index (χ0v) is 15.3. The number of esters is 1. The Kier molecular flexibility index (Phi) is 4.45. The van der Waals surface area contributed by atoms with E-state index in [0.29, 0.717) is 19.3 Å². The third-order valence-corrected chi connectivity index (χ3v) is 7.24. The summed E-state index contributed by atoms with van der Waals surface area (Å²) in [4.78, 5) is 12.6. The molecule has 25 heavy (non-hydrogen) atoms. The third-order valence-electron chi connectivity index (χ3n) is 7.24. The average Bonchev–Trinajstić information content (AvgIpc) is 3.10. The van der Waals surface area contributed by atoms with Gasteiger partial charge >= 0.3 is 12.1 Å². The van der Waals surface area contributed by atoms with Crippen molar-refractivity contribution in [1.82, 2.24) is 0 Å². The lowest BCUT2D eigenvalue weighted by Crippen LogP contribution is -2.46. The quantitative estimate of drug-likeness (QED) is 0.726. The first-order valence-corrected chi connectivity index (χ1v) is 9.51. The Bertz CT molecular complexity index is 545. The van der Waals surface area contributed by atoms with Gasteiger partial charge in [0.15, 0.2) is 5.60 Å². The molecular formula is C19H29F3O3. The molecule has 0 aromatic carbocycles. The van der Waals surface area contributed by atoms with Crippen LogP contribution in [0.4, 0.5) is 13.2 Å². The summed E-state index contributed by atoms with van der Waals surface area (Å²) in [7, 11) is 0. The molecule has 6 atom stereocenters. The molecule has 2 aliphatic carbocycles. The van der Waals surface area contributed by atoms with Crippen molar-refractivity contribution in [3.8, 4) is 0 Å². The van der Waals surface area contributed by atoms with Gasteiger partial charge in [-0.15, -0.1) is 0 Å². The molecule has 6 unspecified atom stereocenters. The number of hydrogen-bond acceptors (Lipinski definition) is 3. The number of fused-ring (bicyclic) bond motifs is 3. The molecule has 1 N–H and O–H groups in total. The normalized spacial score (nSPS) is 42.8. The van der Waals surface area contributed by atoms with Crippen LogP contribution in [0.25, 0.3) is 0 Å². The smallest absolute Gasteiger partial charge is 0.416 e. The molecule has 3 rings (SSSR count). The highest BCUT2D eigenvalue weighted by Crippen LogP contribution is 2.64. The summed E-state index contributed by atoms with van der Waals surface area (Å²) >= 11 is 0. The van der Waals surface area contributed by atoms with Crippen molar-refractivity contribution in [1.29, 1.82) is 0 Å². The molecule has 0 amide bonds. The first-order chi connectivity index (χ1) is 11.5. The number of alkyl halides is 3. The van der Waals surface area contributed by atoms with E-state index in [-0.39, 0.29) is 30.1 Å². The molecule has 1 heterocycles. The number of aliphatic hydroxyl groups is 1. The number of ether oxygens (including phenoxy) is 1. The Hall–Kier alpha value is -0.780. The Morgan fingerprint density at radius 1 is 1.28 bits per heavy atom. The Balaban J connectivity index is 1.71. The van der Waals surface area contributed by atoms with Gasteiger partial charge in [0.05, 0.1) is 5.41 Å². The van der Waals surface area contributed by atoms with Gasteiger partial charge in [-0.25, -0.2) is 0 Å². The third kappa shape index (κ3) is 2.88. The molecule has 2 saturated carbocycles. The number of rotatable bonds is 5. The van der Waals surface area contributed by atoms with Crippen LogP contribution in [0.3, 0.4) is 0 Å². The van der Waals surface area contributed by atoms with Crippen LogP contribution < -0.4 is 0 Å². The van der Waals surface area contributed by atoms with E-state index in [4.69, 9.17) is 4.74 Å².